The molecule has 144 valence electrons. The molecule has 1 aromatic carbocycles. The van der Waals surface area contributed by atoms with E-state index in [9.17, 15) is 14.4 Å². The number of benzene rings is 1. The molecule has 7 heteroatoms. The lowest BCUT2D eigenvalue weighted by atomic mass is 9.76. The molecular formula is C20H25ClN3O3+. The molecule has 0 aliphatic carbocycles. The van der Waals surface area contributed by atoms with Gasteiger partial charge in [0.05, 0.1) is 5.69 Å². The Labute approximate surface area is 163 Å². The highest BCUT2D eigenvalue weighted by atomic mass is 35.5. The molecule has 3 aliphatic heterocycles. The number of likely N-dealkylation sites (tertiary alicyclic amines) is 1. The van der Waals surface area contributed by atoms with Crippen LogP contribution in [0.4, 0.5) is 5.69 Å². The van der Waals surface area contributed by atoms with E-state index in [2.05, 4.69) is 5.32 Å². The lowest BCUT2D eigenvalue weighted by molar-refractivity contribution is -0.738. The van der Waals surface area contributed by atoms with Crippen LogP contribution >= 0.6 is 11.6 Å². The molecular weight excluding hydrogens is 366 g/mol. The average Bonchev–Trinajstić information content (AvgIpc) is 3.20. The number of nitrogens with zero attached hydrogens (tertiary/aromatic N) is 1. The predicted octanol–water partition coefficient (Wildman–Crippen LogP) is 1.49. The molecule has 6 nitrogen and oxygen atoms in total. The van der Waals surface area contributed by atoms with Crippen molar-refractivity contribution >= 4 is 35.0 Å². The molecule has 4 atom stereocenters. The van der Waals surface area contributed by atoms with Crippen LogP contribution < -0.4 is 10.6 Å². The third kappa shape index (κ3) is 2.39. The Morgan fingerprint density at radius 3 is 2.67 bits per heavy atom. The number of hydrogen-bond acceptors (Lipinski definition) is 3. The number of imide groups is 1. The maximum absolute atomic E-state index is 13.3. The number of nitrogens with two attached hydrogens (primary N) is 1. The average molecular weight is 391 g/mol. The van der Waals surface area contributed by atoms with Crippen LogP contribution in [0.15, 0.2) is 18.2 Å². The van der Waals surface area contributed by atoms with Gasteiger partial charge in [-0.15, -0.1) is 0 Å². The van der Waals surface area contributed by atoms with E-state index in [1.54, 1.807) is 18.2 Å². The van der Waals surface area contributed by atoms with Crippen molar-refractivity contribution in [2.45, 2.75) is 45.2 Å². The zero-order chi connectivity index (χ0) is 19.5. The summed E-state index contributed by atoms with van der Waals surface area (Å²) in [4.78, 5) is 41.1. The SMILES string of the molecule is CCCCN1C(=O)[C@@H]2[C@@H](C(C)C)[NH2+][C@@]3(C(=O)Nc4ccc(Cl)cc43)[C@@H]2C1=O. The van der Waals surface area contributed by atoms with Crippen LogP contribution in [0.5, 0.6) is 0 Å². The molecule has 3 heterocycles. The Morgan fingerprint density at radius 2 is 2.00 bits per heavy atom. The lowest BCUT2D eigenvalue weighted by Gasteiger charge is -2.27. The summed E-state index contributed by atoms with van der Waals surface area (Å²) in [6.07, 6.45) is 1.67. The number of amides is 3. The summed E-state index contributed by atoms with van der Waals surface area (Å²) in [6, 6.07) is 5.12. The van der Waals surface area contributed by atoms with Gasteiger partial charge in [-0.05, 0) is 24.6 Å². The number of quaternary nitrogens is 1. The molecule has 3 aliphatic rings. The first kappa shape index (κ1) is 18.4. The van der Waals surface area contributed by atoms with Gasteiger partial charge in [-0.25, -0.2) is 0 Å². The Morgan fingerprint density at radius 1 is 1.26 bits per heavy atom. The summed E-state index contributed by atoms with van der Waals surface area (Å²) in [6.45, 7) is 6.53. The van der Waals surface area contributed by atoms with E-state index in [4.69, 9.17) is 11.6 Å². The van der Waals surface area contributed by atoms with E-state index >= 15 is 0 Å². The van der Waals surface area contributed by atoms with Crippen LogP contribution in [-0.4, -0.2) is 35.2 Å². The Kier molecular flexibility index (Phi) is 4.31. The number of nitrogens with one attached hydrogen (secondary N) is 1. The minimum atomic E-state index is -1.12. The van der Waals surface area contributed by atoms with Gasteiger partial charge in [-0.2, -0.15) is 0 Å². The topological polar surface area (TPSA) is 83.1 Å². The number of halogens is 1. The fourth-order valence-corrected chi connectivity index (χ4v) is 5.23. The number of rotatable bonds is 4. The Hall–Kier alpha value is -1.92. The van der Waals surface area contributed by atoms with Crippen molar-refractivity contribution in [1.29, 1.82) is 0 Å². The highest BCUT2D eigenvalue weighted by Crippen LogP contribution is 2.50. The van der Waals surface area contributed by atoms with Crippen LogP contribution in [-0.2, 0) is 19.9 Å². The molecule has 3 N–H and O–H groups in total. The summed E-state index contributed by atoms with van der Waals surface area (Å²) in [5, 5.41) is 5.38. The molecule has 0 aromatic heterocycles. The highest BCUT2D eigenvalue weighted by molar-refractivity contribution is 6.31. The van der Waals surface area contributed by atoms with E-state index in [1.807, 2.05) is 26.1 Å². The number of carbonyl (C=O) groups excluding carboxylic acids is 3. The van der Waals surface area contributed by atoms with Gasteiger partial charge >= 0.3 is 0 Å². The quantitative estimate of drug-likeness (QED) is 0.764. The normalized spacial score (nSPS) is 31.8. The smallest absolute Gasteiger partial charge is 0.291 e. The molecule has 0 unspecified atom stereocenters. The van der Waals surface area contributed by atoms with Crippen molar-refractivity contribution in [3.63, 3.8) is 0 Å². The molecule has 27 heavy (non-hydrogen) atoms. The van der Waals surface area contributed by atoms with E-state index in [0.717, 1.165) is 18.4 Å². The van der Waals surface area contributed by atoms with Gasteiger partial charge in [-0.1, -0.05) is 38.8 Å². The number of anilines is 1. The molecule has 4 rings (SSSR count). The minimum absolute atomic E-state index is 0.131. The van der Waals surface area contributed by atoms with E-state index in [0.29, 0.717) is 17.3 Å². The summed E-state index contributed by atoms with van der Waals surface area (Å²) < 4.78 is 0. The molecule has 2 fully saturated rings. The fraction of sp³-hybridized carbons (Fsp3) is 0.550. The van der Waals surface area contributed by atoms with Crippen LogP contribution in [0.3, 0.4) is 0 Å². The van der Waals surface area contributed by atoms with Gasteiger partial charge < -0.3 is 10.6 Å². The van der Waals surface area contributed by atoms with Crippen LogP contribution in [0.25, 0.3) is 0 Å². The summed E-state index contributed by atoms with van der Waals surface area (Å²) in [5.41, 5.74) is 0.279. The van der Waals surface area contributed by atoms with Gasteiger partial charge in [0.25, 0.3) is 5.91 Å². The molecule has 0 bridgehead atoms. The molecule has 0 saturated carbocycles. The molecule has 3 amide bonds. The first-order chi connectivity index (χ1) is 12.8. The van der Waals surface area contributed by atoms with Crippen molar-refractivity contribution in [1.82, 2.24) is 4.90 Å². The van der Waals surface area contributed by atoms with Gasteiger partial charge in [0.15, 0.2) is 0 Å². The Balaban J connectivity index is 1.86. The minimum Gasteiger partial charge on any atom is -0.326 e. The van der Waals surface area contributed by atoms with Crippen molar-refractivity contribution in [2.75, 3.05) is 11.9 Å². The lowest BCUT2D eigenvalue weighted by Crippen LogP contribution is -2.99. The van der Waals surface area contributed by atoms with Crippen molar-refractivity contribution in [3.05, 3.63) is 28.8 Å². The first-order valence-electron chi connectivity index (χ1n) is 9.65. The van der Waals surface area contributed by atoms with Gasteiger partial charge in [0.2, 0.25) is 17.4 Å². The summed E-state index contributed by atoms with van der Waals surface area (Å²) in [5.74, 6) is -1.60. The summed E-state index contributed by atoms with van der Waals surface area (Å²) >= 11 is 6.22. The van der Waals surface area contributed by atoms with Crippen LogP contribution in [0.1, 0.15) is 39.2 Å². The van der Waals surface area contributed by atoms with Crippen molar-refractivity contribution in [2.24, 2.45) is 17.8 Å². The van der Waals surface area contributed by atoms with Crippen LogP contribution in [0, 0.1) is 17.8 Å². The van der Waals surface area contributed by atoms with Crippen LogP contribution in [0.2, 0.25) is 5.02 Å². The zero-order valence-corrected chi connectivity index (χ0v) is 16.5. The summed E-state index contributed by atoms with van der Waals surface area (Å²) in [7, 11) is 0. The Bertz CT molecular complexity index is 840. The maximum atomic E-state index is 13.3. The van der Waals surface area contributed by atoms with E-state index in [-0.39, 0.29) is 29.7 Å². The monoisotopic (exact) mass is 390 g/mol. The third-order valence-corrected chi connectivity index (χ3v) is 6.59. The third-order valence-electron chi connectivity index (χ3n) is 6.36. The van der Waals surface area contributed by atoms with Gasteiger partial charge in [0.1, 0.15) is 17.9 Å². The molecule has 0 radical (unpaired) electrons. The van der Waals surface area contributed by atoms with E-state index in [1.165, 1.54) is 4.90 Å². The predicted molar refractivity (Wildman–Crippen MR) is 101 cm³/mol. The largest absolute Gasteiger partial charge is 0.326 e. The molecule has 1 aromatic rings. The van der Waals surface area contributed by atoms with Crippen molar-refractivity contribution < 1.29 is 19.7 Å². The fourth-order valence-electron chi connectivity index (χ4n) is 5.06. The van der Waals surface area contributed by atoms with Gasteiger partial charge in [-0.3, -0.25) is 19.3 Å². The zero-order valence-electron chi connectivity index (χ0n) is 15.8. The molecule has 1 spiro atoms. The number of carbonyl (C=O) groups is 3. The molecule has 2 saturated heterocycles. The second-order valence-corrected chi connectivity index (χ2v) is 8.62. The highest BCUT2D eigenvalue weighted by Gasteiger charge is 2.74. The number of unbranched alkanes of at least 4 members (excludes halogenated alkanes) is 1. The van der Waals surface area contributed by atoms with E-state index < -0.39 is 17.4 Å². The number of fused-ring (bicyclic) bond motifs is 4. The maximum Gasteiger partial charge on any atom is 0.291 e. The number of hydrogen-bond donors (Lipinski definition) is 2. The second-order valence-electron chi connectivity index (χ2n) is 8.19. The second kappa shape index (κ2) is 6.31. The van der Waals surface area contributed by atoms with Gasteiger partial charge in [0, 0.05) is 23.0 Å². The first-order valence-corrected chi connectivity index (χ1v) is 10.0. The van der Waals surface area contributed by atoms with Crippen molar-refractivity contribution in [3.8, 4) is 0 Å². The standard InChI is InChI=1S/C20H24ClN3O3/c1-4-5-8-24-17(25)14-15(18(24)26)20(23-16(14)10(2)3)12-9-11(21)6-7-13(12)22-19(20)27/h6-7,9-10,14-16,23H,4-5,8H2,1-3H3,(H,22,27)/p+1/t14-,15-,16+,20+/m0/s1.